The first-order valence-electron chi connectivity index (χ1n) is 5.62. The van der Waals surface area contributed by atoms with Gasteiger partial charge in [0.25, 0.3) is 0 Å². The average Bonchev–Trinajstić information content (AvgIpc) is 2.32. The van der Waals surface area contributed by atoms with E-state index < -0.39 is 15.8 Å². The average molecular weight is 270 g/mol. The van der Waals surface area contributed by atoms with Crippen molar-refractivity contribution < 1.29 is 12.8 Å². The second kappa shape index (κ2) is 4.70. The summed E-state index contributed by atoms with van der Waals surface area (Å²) in [4.78, 5) is -0.350. The largest absolute Gasteiger partial charge is 0.399 e. The lowest BCUT2D eigenvalue weighted by Gasteiger charge is -2.25. The lowest BCUT2D eigenvalue weighted by atomic mass is 10.2. The van der Waals surface area contributed by atoms with E-state index >= 15 is 0 Å². The van der Waals surface area contributed by atoms with Gasteiger partial charge >= 0.3 is 0 Å². The van der Waals surface area contributed by atoms with Gasteiger partial charge in [-0.1, -0.05) is 11.6 Å². The van der Waals surface area contributed by atoms with Gasteiger partial charge in [-0.15, -0.1) is 0 Å². The van der Waals surface area contributed by atoms with Gasteiger partial charge in [-0.05, 0) is 31.5 Å². The van der Waals surface area contributed by atoms with Gasteiger partial charge in [0.2, 0.25) is 10.0 Å². The van der Waals surface area contributed by atoms with E-state index in [-0.39, 0.29) is 10.6 Å². The second-order valence-electron chi connectivity index (χ2n) is 4.37. The molecule has 1 aromatic rings. The number of nitrogens with two attached hydrogens (primary N) is 1. The number of nitrogens with zero attached hydrogens (tertiary/aromatic N) is 1. The Kier molecular flexibility index (Phi) is 3.41. The molecule has 4 nitrogen and oxygen atoms in total. The number of rotatable bonds is 2. The van der Waals surface area contributed by atoms with Crippen LogP contribution in [0.2, 0.25) is 0 Å². The number of halogens is 1. The summed E-state index contributed by atoms with van der Waals surface area (Å²) in [7, 11) is -3.81. The van der Waals surface area contributed by atoms with E-state index in [2.05, 4.69) is 0 Å². The van der Waals surface area contributed by atoms with Crippen LogP contribution in [0, 0.1) is 5.82 Å². The fraction of sp³-hybridized carbons (Fsp3) is 0.333. The van der Waals surface area contributed by atoms with Gasteiger partial charge in [-0.25, -0.2) is 12.8 Å². The predicted octanol–water partition coefficient (Wildman–Crippen LogP) is 1.75. The summed E-state index contributed by atoms with van der Waals surface area (Å²) >= 11 is 0. The zero-order chi connectivity index (χ0) is 13.3. The molecule has 2 N–H and O–H groups in total. The predicted molar refractivity (Wildman–Crippen MR) is 67.9 cm³/mol. The topological polar surface area (TPSA) is 63.4 Å². The first kappa shape index (κ1) is 13.0. The van der Waals surface area contributed by atoms with Crippen molar-refractivity contribution in [1.82, 2.24) is 4.31 Å². The van der Waals surface area contributed by atoms with Crippen molar-refractivity contribution in [3.63, 3.8) is 0 Å². The van der Waals surface area contributed by atoms with Crippen molar-refractivity contribution in [3.8, 4) is 0 Å². The number of hydrogen-bond acceptors (Lipinski definition) is 3. The molecule has 0 fully saturated rings. The van der Waals surface area contributed by atoms with Crippen LogP contribution in [0.4, 0.5) is 10.1 Å². The number of hydrogen-bond donors (Lipinski definition) is 1. The molecule has 98 valence electrons. The van der Waals surface area contributed by atoms with Crippen LogP contribution in [0.1, 0.15) is 13.3 Å². The van der Waals surface area contributed by atoms with Crippen LogP contribution in [0.3, 0.4) is 0 Å². The maximum Gasteiger partial charge on any atom is 0.246 e. The lowest BCUT2D eigenvalue weighted by molar-refractivity contribution is 0.423. The molecular formula is C12H15FN2O2S. The number of sulfonamides is 1. The van der Waals surface area contributed by atoms with Gasteiger partial charge in [-0.3, -0.25) is 0 Å². The fourth-order valence-electron chi connectivity index (χ4n) is 1.94. The highest BCUT2D eigenvalue weighted by atomic mass is 32.2. The minimum absolute atomic E-state index is 0.235. The van der Waals surface area contributed by atoms with Crippen LogP contribution in [0.15, 0.2) is 34.7 Å². The molecule has 2 rings (SSSR count). The highest BCUT2D eigenvalue weighted by Crippen LogP contribution is 2.24. The summed E-state index contributed by atoms with van der Waals surface area (Å²) in [6, 6.07) is 3.59. The minimum atomic E-state index is -3.81. The van der Waals surface area contributed by atoms with Crippen molar-refractivity contribution in [2.45, 2.75) is 18.2 Å². The smallest absolute Gasteiger partial charge is 0.246 e. The van der Waals surface area contributed by atoms with E-state index in [0.29, 0.717) is 19.5 Å². The molecule has 6 heteroatoms. The van der Waals surface area contributed by atoms with Crippen molar-refractivity contribution >= 4 is 15.7 Å². The number of nitrogen functional groups attached to an aromatic ring is 1. The molecule has 0 spiro atoms. The van der Waals surface area contributed by atoms with Crippen LogP contribution in [0.25, 0.3) is 0 Å². The summed E-state index contributed by atoms with van der Waals surface area (Å²) in [6.45, 7) is 2.53. The van der Waals surface area contributed by atoms with Crippen LogP contribution in [-0.4, -0.2) is 25.8 Å². The van der Waals surface area contributed by atoms with Gasteiger partial charge in [0, 0.05) is 18.8 Å². The third-order valence-electron chi connectivity index (χ3n) is 2.87. The molecule has 0 unspecified atom stereocenters. The number of benzene rings is 1. The maximum absolute atomic E-state index is 13.6. The monoisotopic (exact) mass is 270 g/mol. The molecule has 1 aromatic carbocycles. The summed E-state index contributed by atoms with van der Waals surface area (Å²) in [5.74, 6) is -0.767. The summed E-state index contributed by atoms with van der Waals surface area (Å²) in [6.07, 6.45) is 2.64. The van der Waals surface area contributed by atoms with E-state index in [1.165, 1.54) is 16.4 Å². The molecule has 0 saturated carbocycles. The highest BCUT2D eigenvalue weighted by molar-refractivity contribution is 7.89. The second-order valence-corrected chi connectivity index (χ2v) is 6.27. The van der Waals surface area contributed by atoms with Gasteiger partial charge in [-0.2, -0.15) is 4.31 Å². The van der Waals surface area contributed by atoms with Crippen LogP contribution >= 0.6 is 0 Å². The quantitative estimate of drug-likeness (QED) is 0.658. The first-order chi connectivity index (χ1) is 8.41. The maximum atomic E-state index is 13.6. The molecule has 1 aliphatic heterocycles. The Balaban J connectivity index is 2.42. The van der Waals surface area contributed by atoms with E-state index in [9.17, 15) is 12.8 Å². The molecule has 0 aliphatic carbocycles. The molecular weight excluding hydrogens is 255 g/mol. The van der Waals surface area contributed by atoms with Crippen LogP contribution < -0.4 is 5.73 Å². The minimum Gasteiger partial charge on any atom is -0.399 e. The molecule has 0 radical (unpaired) electrons. The van der Waals surface area contributed by atoms with Gasteiger partial charge in [0.1, 0.15) is 10.7 Å². The van der Waals surface area contributed by atoms with Crippen LogP contribution in [0.5, 0.6) is 0 Å². The molecule has 18 heavy (non-hydrogen) atoms. The summed E-state index contributed by atoms with van der Waals surface area (Å²) in [5, 5.41) is 0. The van der Waals surface area contributed by atoms with E-state index in [1.54, 1.807) is 0 Å². The Bertz CT molecular complexity index is 596. The van der Waals surface area contributed by atoms with Crippen molar-refractivity contribution in [3.05, 3.63) is 35.7 Å². The van der Waals surface area contributed by atoms with E-state index in [4.69, 9.17) is 5.73 Å². The van der Waals surface area contributed by atoms with Crippen molar-refractivity contribution in [1.29, 1.82) is 0 Å². The van der Waals surface area contributed by atoms with Crippen LogP contribution in [-0.2, 0) is 10.0 Å². The zero-order valence-electron chi connectivity index (χ0n) is 10.1. The summed E-state index contributed by atoms with van der Waals surface area (Å²) in [5.41, 5.74) is 6.72. The number of anilines is 1. The van der Waals surface area contributed by atoms with E-state index in [0.717, 1.165) is 11.6 Å². The molecule has 1 aliphatic rings. The normalized spacial score (nSPS) is 17.6. The third-order valence-corrected chi connectivity index (χ3v) is 4.73. The third kappa shape index (κ3) is 2.39. The standard InChI is InChI=1S/C12H15FN2O2S/c1-9-3-2-6-15(8-9)18(16,17)12-7-10(14)4-5-11(12)13/h3-5,7H,2,6,8,14H2,1H3. The molecule has 0 atom stereocenters. The van der Waals surface area contributed by atoms with Gasteiger partial charge < -0.3 is 5.73 Å². The zero-order valence-corrected chi connectivity index (χ0v) is 10.9. The summed E-state index contributed by atoms with van der Waals surface area (Å²) < 4.78 is 39.5. The fourth-order valence-corrected chi connectivity index (χ4v) is 3.54. The Hall–Kier alpha value is -1.40. The Labute approximate surface area is 106 Å². The molecule has 0 saturated heterocycles. The van der Waals surface area contributed by atoms with E-state index in [1.807, 2.05) is 13.0 Å². The Morgan fingerprint density at radius 2 is 2.11 bits per heavy atom. The molecule has 0 amide bonds. The SMILES string of the molecule is CC1=CCCN(S(=O)(=O)c2cc(N)ccc2F)C1. The highest BCUT2D eigenvalue weighted by Gasteiger charge is 2.28. The van der Waals surface area contributed by atoms with Crippen molar-refractivity contribution in [2.24, 2.45) is 0 Å². The molecule has 0 bridgehead atoms. The Morgan fingerprint density at radius 3 is 2.78 bits per heavy atom. The first-order valence-corrected chi connectivity index (χ1v) is 7.06. The Morgan fingerprint density at radius 1 is 1.39 bits per heavy atom. The molecule has 0 aromatic heterocycles. The van der Waals surface area contributed by atoms with Crippen molar-refractivity contribution in [2.75, 3.05) is 18.8 Å². The van der Waals surface area contributed by atoms with Gasteiger partial charge in [0.05, 0.1) is 0 Å². The molecule has 1 heterocycles. The lowest BCUT2D eigenvalue weighted by Crippen LogP contribution is -2.35. The van der Waals surface area contributed by atoms with Gasteiger partial charge in [0.15, 0.2) is 0 Å².